The van der Waals surface area contributed by atoms with E-state index in [-0.39, 0.29) is 6.04 Å². The Kier molecular flexibility index (Phi) is 6.30. The molecule has 0 amide bonds. The van der Waals surface area contributed by atoms with Crippen molar-refractivity contribution in [1.82, 2.24) is 5.32 Å². The van der Waals surface area contributed by atoms with Crippen LogP contribution in [0.2, 0.25) is 5.02 Å². The van der Waals surface area contributed by atoms with Gasteiger partial charge in [0.25, 0.3) is 0 Å². The lowest BCUT2D eigenvalue weighted by Gasteiger charge is -2.23. The Labute approximate surface area is 148 Å². The van der Waals surface area contributed by atoms with Crippen LogP contribution in [0.15, 0.2) is 45.3 Å². The van der Waals surface area contributed by atoms with Crippen molar-refractivity contribution in [3.8, 4) is 0 Å². The zero-order valence-electron chi connectivity index (χ0n) is 12.1. The Morgan fingerprint density at radius 1 is 1.10 bits per heavy atom. The SMILES string of the molecule is CCCNC(c1cc(Cl)ccc1C)c1cc(Br)ccc1Br. The summed E-state index contributed by atoms with van der Waals surface area (Å²) in [5.41, 5.74) is 3.66. The van der Waals surface area contributed by atoms with Crippen LogP contribution in [0.25, 0.3) is 0 Å². The third-order valence-electron chi connectivity index (χ3n) is 3.42. The van der Waals surface area contributed by atoms with Gasteiger partial charge in [0.2, 0.25) is 0 Å². The number of halogens is 3. The molecule has 1 nitrogen and oxygen atoms in total. The van der Waals surface area contributed by atoms with Crippen molar-refractivity contribution in [2.75, 3.05) is 6.54 Å². The molecule has 112 valence electrons. The largest absolute Gasteiger partial charge is 0.306 e. The number of benzene rings is 2. The quantitative estimate of drug-likeness (QED) is 0.589. The molecule has 0 radical (unpaired) electrons. The second-order valence-electron chi connectivity index (χ2n) is 5.05. The van der Waals surface area contributed by atoms with Crippen LogP contribution < -0.4 is 5.32 Å². The van der Waals surface area contributed by atoms with Crippen molar-refractivity contribution in [2.45, 2.75) is 26.3 Å². The summed E-state index contributed by atoms with van der Waals surface area (Å²) in [7, 11) is 0. The summed E-state index contributed by atoms with van der Waals surface area (Å²) in [4.78, 5) is 0. The Hall–Kier alpha value is -0.350. The summed E-state index contributed by atoms with van der Waals surface area (Å²) in [6.07, 6.45) is 1.09. The van der Waals surface area contributed by atoms with Gasteiger partial charge in [-0.2, -0.15) is 0 Å². The molecule has 21 heavy (non-hydrogen) atoms. The van der Waals surface area contributed by atoms with E-state index in [2.05, 4.69) is 75.3 Å². The van der Waals surface area contributed by atoms with Gasteiger partial charge >= 0.3 is 0 Å². The van der Waals surface area contributed by atoms with E-state index in [0.717, 1.165) is 26.9 Å². The third-order valence-corrected chi connectivity index (χ3v) is 4.87. The lowest BCUT2D eigenvalue weighted by molar-refractivity contribution is 0.594. The summed E-state index contributed by atoms with van der Waals surface area (Å²) in [6, 6.07) is 12.4. The van der Waals surface area contributed by atoms with Crippen LogP contribution in [0.1, 0.15) is 36.1 Å². The smallest absolute Gasteiger partial charge is 0.0591 e. The van der Waals surface area contributed by atoms with Crippen molar-refractivity contribution in [3.05, 3.63) is 67.1 Å². The van der Waals surface area contributed by atoms with E-state index < -0.39 is 0 Å². The molecule has 2 aromatic rings. The summed E-state index contributed by atoms with van der Waals surface area (Å²) in [6.45, 7) is 5.25. The second-order valence-corrected chi connectivity index (χ2v) is 7.26. The molecule has 1 N–H and O–H groups in total. The summed E-state index contributed by atoms with van der Waals surface area (Å²) >= 11 is 13.4. The fraction of sp³-hybridized carbons (Fsp3) is 0.294. The van der Waals surface area contributed by atoms with E-state index >= 15 is 0 Å². The zero-order chi connectivity index (χ0) is 15.4. The van der Waals surface area contributed by atoms with Gasteiger partial charge in [-0.3, -0.25) is 0 Å². The number of hydrogen-bond acceptors (Lipinski definition) is 1. The molecule has 4 heteroatoms. The maximum atomic E-state index is 6.20. The summed E-state index contributed by atoms with van der Waals surface area (Å²) in [5.74, 6) is 0. The molecule has 2 aromatic carbocycles. The highest BCUT2D eigenvalue weighted by Gasteiger charge is 2.18. The molecule has 0 bridgehead atoms. The molecule has 0 heterocycles. The molecule has 1 atom stereocenters. The Morgan fingerprint density at radius 3 is 2.57 bits per heavy atom. The average Bonchev–Trinajstić information content (AvgIpc) is 2.46. The molecule has 0 aromatic heterocycles. The van der Waals surface area contributed by atoms with E-state index in [4.69, 9.17) is 11.6 Å². The first kappa shape index (κ1) is 17.0. The highest BCUT2D eigenvalue weighted by atomic mass is 79.9. The summed E-state index contributed by atoms with van der Waals surface area (Å²) in [5, 5.41) is 4.40. The van der Waals surface area contributed by atoms with Crippen LogP contribution in [0.4, 0.5) is 0 Å². The molecule has 0 aliphatic rings. The van der Waals surface area contributed by atoms with E-state index in [1.54, 1.807) is 0 Å². The molecule has 1 unspecified atom stereocenters. The molecule has 0 saturated carbocycles. The Morgan fingerprint density at radius 2 is 1.86 bits per heavy atom. The minimum absolute atomic E-state index is 0.121. The molecule has 0 spiro atoms. The minimum atomic E-state index is 0.121. The topological polar surface area (TPSA) is 12.0 Å². The van der Waals surface area contributed by atoms with Crippen LogP contribution in [0.5, 0.6) is 0 Å². The number of aryl methyl sites for hydroxylation is 1. The van der Waals surface area contributed by atoms with E-state index in [1.807, 2.05) is 12.1 Å². The van der Waals surface area contributed by atoms with Gasteiger partial charge in [-0.15, -0.1) is 0 Å². The van der Waals surface area contributed by atoms with Crippen molar-refractivity contribution in [3.63, 3.8) is 0 Å². The van der Waals surface area contributed by atoms with E-state index in [9.17, 15) is 0 Å². The van der Waals surface area contributed by atoms with Gasteiger partial charge in [-0.25, -0.2) is 0 Å². The van der Waals surface area contributed by atoms with Crippen molar-refractivity contribution in [1.29, 1.82) is 0 Å². The maximum Gasteiger partial charge on any atom is 0.0591 e. The van der Waals surface area contributed by atoms with Gasteiger partial charge in [0.1, 0.15) is 0 Å². The number of nitrogens with one attached hydrogen (secondary N) is 1. The molecule has 0 saturated heterocycles. The Balaban J connectivity index is 2.52. The first-order valence-corrected chi connectivity index (χ1v) is 8.93. The Bertz CT molecular complexity index is 577. The predicted octanol–water partition coefficient (Wildman–Crippen LogP) is 6.26. The van der Waals surface area contributed by atoms with E-state index in [1.165, 1.54) is 16.7 Å². The molecule has 0 aliphatic heterocycles. The van der Waals surface area contributed by atoms with Crippen LogP contribution in [0, 0.1) is 6.92 Å². The van der Waals surface area contributed by atoms with Gasteiger partial charge in [-0.05, 0) is 66.9 Å². The van der Waals surface area contributed by atoms with Gasteiger partial charge in [-0.1, -0.05) is 56.5 Å². The summed E-state index contributed by atoms with van der Waals surface area (Å²) < 4.78 is 2.17. The van der Waals surface area contributed by atoms with Crippen LogP contribution in [-0.4, -0.2) is 6.54 Å². The predicted molar refractivity (Wildman–Crippen MR) is 98.2 cm³/mol. The lowest BCUT2D eigenvalue weighted by atomic mass is 9.95. The number of hydrogen-bond donors (Lipinski definition) is 1. The standard InChI is InChI=1S/C17H18Br2ClN/c1-3-8-21-17(14-10-13(20)6-4-11(14)2)15-9-12(18)5-7-16(15)19/h4-7,9-10,17,21H,3,8H2,1-2H3. The van der Waals surface area contributed by atoms with Crippen LogP contribution >= 0.6 is 43.5 Å². The van der Waals surface area contributed by atoms with Gasteiger partial charge in [0.05, 0.1) is 6.04 Å². The fourth-order valence-corrected chi connectivity index (χ4v) is 3.37. The van der Waals surface area contributed by atoms with Crippen LogP contribution in [0.3, 0.4) is 0 Å². The zero-order valence-corrected chi connectivity index (χ0v) is 16.0. The third kappa shape index (κ3) is 4.32. The highest BCUT2D eigenvalue weighted by molar-refractivity contribution is 9.11. The van der Waals surface area contributed by atoms with Gasteiger partial charge < -0.3 is 5.32 Å². The highest BCUT2D eigenvalue weighted by Crippen LogP contribution is 2.33. The first-order chi connectivity index (χ1) is 10.0. The molecule has 0 fully saturated rings. The number of rotatable bonds is 5. The van der Waals surface area contributed by atoms with Crippen molar-refractivity contribution >= 4 is 43.5 Å². The molecular formula is C17H18Br2ClN. The molecule has 0 aliphatic carbocycles. The van der Waals surface area contributed by atoms with E-state index in [0.29, 0.717) is 0 Å². The first-order valence-electron chi connectivity index (χ1n) is 6.97. The monoisotopic (exact) mass is 429 g/mol. The molecular weight excluding hydrogens is 413 g/mol. The van der Waals surface area contributed by atoms with Crippen molar-refractivity contribution in [2.24, 2.45) is 0 Å². The van der Waals surface area contributed by atoms with Gasteiger partial charge in [0, 0.05) is 14.0 Å². The lowest BCUT2D eigenvalue weighted by Crippen LogP contribution is -2.24. The van der Waals surface area contributed by atoms with Gasteiger partial charge in [0.15, 0.2) is 0 Å². The van der Waals surface area contributed by atoms with Crippen molar-refractivity contribution < 1.29 is 0 Å². The minimum Gasteiger partial charge on any atom is -0.306 e. The van der Waals surface area contributed by atoms with Crippen LogP contribution in [-0.2, 0) is 0 Å². The molecule has 2 rings (SSSR count). The average molecular weight is 432 g/mol. The fourth-order valence-electron chi connectivity index (χ4n) is 2.33. The normalized spacial score (nSPS) is 12.4. The maximum absolute atomic E-state index is 6.20. The second kappa shape index (κ2) is 7.77.